The Morgan fingerprint density at radius 1 is 0.917 bits per heavy atom. The molecule has 0 spiro atoms. The second-order valence-electron chi connectivity index (χ2n) is 5.56. The molecular formula is C18H15N5O. The third-order valence-electron chi connectivity index (χ3n) is 3.83. The van der Waals surface area contributed by atoms with Crippen LogP contribution in [0.5, 0.6) is 0 Å². The second-order valence-corrected chi connectivity index (χ2v) is 5.56. The number of aryl methyl sites for hydroxylation is 1. The summed E-state index contributed by atoms with van der Waals surface area (Å²) in [6.45, 7) is 3.97. The molecule has 0 aliphatic carbocycles. The van der Waals surface area contributed by atoms with Gasteiger partial charge in [-0.1, -0.05) is 46.3 Å². The van der Waals surface area contributed by atoms with E-state index in [0.29, 0.717) is 17.4 Å². The average molecular weight is 317 g/mol. The normalized spacial score (nSPS) is 10.9. The maximum atomic E-state index is 5.38. The van der Waals surface area contributed by atoms with Crippen molar-refractivity contribution in [3.05, 3.63) is 65.9 Å². The summed E-state index contributed by atoms with van der Waals surface area (Å²) < 4.78 is 7.14. The Bertz CT molecular complexity index is 970. The molecule has 0 aliphatic heterocycles. The fourth-order valence-corrected chi connectivity index (χ4v) is 2.48. The highest BCUT2D eigenvalue weighted by atomic mass is 16.5. The summed E-state index contributed by atoms with van der Waals surface area (Å²) in [7, 11) is 0. The van der Waals surface area contributed by atoms with Gasteiger partial charge in [0.25, 0.3) is 5.89 Å². The van der Waals surface area contributed by atoms with Crippen molar-refractivity contribution in [3.63, 3.8) is 0 Å². The lowest BCUT2D eigenvalue weighted by Crippen LogP contribution is -1.98. The molecule has 6 nitrogen and oxygen atoms in total. The largest absolute Gasteiger partial charge is 0.334 e. The number of aromatic nitrogens is 5. The van der Waals surface area contributed by atoms with Crippen LogP contribution in [0.15, 0.2) is 59.1 Å². The van der Waals surface area contributed by atoms with Crippen molar-refractivity contribution >= 4 is 0 Å². The third-order valence-corrected chi connectivity index (χ3v) is 3.83. The summed E-state index contributed by atoms with van der Waals surface area (Å²) in [4.78, 5) is 4.45. The monoisotopic (exact) mass is 317 g/mol. The highest BCUT2D eigenvalue weighted by molar-refractivity contribution is 5.59. The molecule has 4 rings (SSSR count). The molecule has 0 bridgehead atoms. The van der Waals surface area contributed by atoms with Crippen molar-refractivity contribution in [3.8, 4) is 28.7 Å². The lowest BCUT2D eigenvalue weighted by Gasteiger charge is -2.01. The summed E-state index contributed by atoms with van der Waals surface area (Å²) in [5.74, 6) is 0.906. The minimum atomic E-state index is 0.435. The first-order chi connectivity index (χ1) is 11.7. The summed E-state index contributed by atoms with van der Waals surface area (Å²) in [5.41, 5.74) is 4.47. The van der Waals surface area contributed by atoms with Gasteiger partial charge in [-0.3, -0.25) is 0 Å². The number of nitrogens with zero attached hydrogens (tertiary/aromatic N) is 5. The SMILES string of the molecule is Cc1ccc(-c2nc(-c3nnn(-c4ccccc4)c3C)no2)cc1. The predicted molar refractivity (Wildman–Crippen MR) is 89.6 cm³/mol. The van der Waals surface area contributed by atoms with E-state index in [1.165, 1.54) is 5.56 Å². The number of rotatable bonds is 3. The number of benzene rings is 2. The van der Waals surface area contributed by atoms with Crippen LogP contribution in [-0.2, 0) is 0 Å². The molecule has 2 aromatic carbocycles. The van der Waals surface area contributed by atoms with Crippen LogP contribution in [0.1, 0.15) is 11.3 Å². The van der Waals surface area contributed by atoms with Crippen molar-refractivity contribution in [1.82, 2.24) is 25.1 Å². The molecule has 6 heteroatoms. The lowest BCUT2D eigenvalue weighted by molar-refractivity contribution is 0.432. The standard InChI is InChI=1S/C18H15N5O/c1-12-8-10-14(11-9-12)18-19-17(21-24-18)16-13(2)23(22-20-16)15-6-4-3-5-7-15/h3-11H,1-2H3. The van der Waals surface area contributed by atoms with Crippen molar-refractivity contribution in [2.75, 3.05) is 0 Å². The first kappa shape index (κ1) is 14.3. The maximum absolute atomic E-state index is 5.38. The Morgan fingerprint density at radius 2 is 1.67 bits per heavy atom. The van der Waals surface area contributed by atoms with Crippen LogP contribution in [0.2, 0.25) is 0 Å². The van der Waals surface area contributed by atoms with Gasteiger partial charge in [0, 0.05) is 5.56 Å². The molecule has 24 heavy (non-hydrogen) atoms. The zero-order valence-corrected chi connectivity index (χ0v) is 13.3. The Labute approximate surface area is 138 Å². The van der Waals surface area contributed by atoms with E-state index in [0.717, 1.165) is 16.9 Å². The van der Waals surface area contributed by atoms with Crippen LogP contribution in [0, 0.1) is 13.8 Å². The molecule has 0 aliphatic rings. The van der Waals surface area contributed by atoms with Crippen LogP contribution in [0.3, 0.4) is 0 Å². The molecule has 0 fully saturated rings. The molecule has 0 saturated carbocycles. The fourth-order valence-electron chi connectivity index (χ4n) is 2.48. The zero-order chi connectivity index (χ0) is 16.5. The van der Waals surface area contributed by atoms with E-state index in [9.17, 15) is 0 Å². The molecule has 118 valence electrons. The molecular weight excluding hydrogens is 302 g/mol. The molecule has 0 unspecified atom stereocenters. The molecule has 0 atom stereocenters. The second kappa shape index (κ2) is 5.73. The number of para-hydroxylation sites is 1. The van der Waals surface area contributed by atoms with E-state index in [1.807, 2.05) is 68.4 Å². The highest BCUT2D eigenvalue weighted by Crippen LogP contribution is 2.24. The summed E-state index contributed by atoms with van der Waals surface area (Å²) in [6, 6.07) is 17.8. The number of hydrogen-bond donors (Lipinski definition) is 0. The van der Waals surface area contributed by atoms with Gasteiger partial charge in [0.2, 0.25) is 5.82 Å². The molecule has 0 amide bonds. The van der Waals surface area contributed by atoms with Crippen molar-refractivity contribution < 1.29 is 4.52 Å². The van der Waals surface area contributed by atoms with Gasteiger partial charge in [-0.05, 0) is 38.1 Å². The first-order valence-electron chi connectivity index (χ1n) is 7.61. The fraction of sp³-hybridized carbons (Fsp3) is 0.111. The van der Waals surface area contributed by atoms with Crippen LogP contribution < -0.4 is 0 Å². The van der Waals surface area contributed by atoms with Crippen LogP contribution in [-0.4, -0.2) is 25.1 Å². The molecule has 0 radical (unpaired) electrons. The smallest absolute Gasteiger partial charge is 0.258 e. The van der Waals surface area contributed by atoms with E-state index in [4.69, 9.17) is 4.52 Å². The topological polar surface area (TPSA) is 69.6 Å². The Morgan fingerprint density at radius 3 is 2.42 bits per heavy atom. The molecule has 2 aromatic heterocycles. The van der Waals surface area contributed by atoms with Gasteiger partial charge in [-0.2, -0.15) is 4.98 Å². The lowest BCUT2D eigenvalue weighted by atomic mass is 10.1. The maximum Gasteiger partial charge on any atom is 0.258 e. The number of hydrogen-bond acceptors (Lipinski definition) is 5. The van der Waals surface area contributed by atoms with E-state index in [2.05, 4.69) is 20.5 Å². The highest BCUT2D eigenvalue weighted by Gasteiger charge is 2.18. The van der Waals surface area contributed by atoms with E-state index >= 15 is 0 Å². The van der Waals surface area contributed by atoms with E-state index in [-0.39, 0.29) is 0 Å². The quantitative estimate of drug-likeness (QED) is 0.577. The van der Waals surface area contributed by atoms with Crippen LogP contribution in [0.4, 0.5) is 0 Å². The van der Waals surface area contributed by atoms with Crippen LogP contribution >= 0.6 is 0 Å². The van der Waals surface area contributed by atoms with Gasteiger partial charge >= 0.3 is 0 Å². The minimum absolute atomic E-state index is 0.435. The third kappa shape index (κ3) is 2.48. The average Bonchev–Trinajstić information content (AvgIpc) is 3.23. The van der Waals surface area contributed by atoms with Gasteiger partial charge in [-0.25, -0.2) is 4.68 Å². The molecule has 4 aromatic rings. The summed E-state index contributed by atoms with van der Waals surface area (Å²) in [6.07, 6.45) is 0. The van der Waals surface area contributed by atoms with Gasteiger partial charge in [0.15, 0.2) is 5.69 Å². The zero-order valence-electron chi connectivity index (χ0n) is 13.3. The van der Waals surface area contributed by atoms with Crippen molar-refractivity contribution in [2.24, 2.45) is 0 Å². The van der Waals surface area contributed by atoms with Gasteiger partial charge in [-0.15, -0.1) is 5.10 Å². The molecule has 0 saturated heterocycles. The first-order valence-corrected chi connectivity index (χ1v) is 7.61. The van der Waals surface area contributed by atoms with E-state index in [1.54, 1.807) is 4.68 Å². The predicted octanol–water partition coefficient (Wildman–Crippen LogP) is 3.60. The Kier molecular flexibility index (Phi) is 3.42. The summed E-state index contributed by atoms with van der Waals surface area (Å²) in [5, 5.41) is 12.5. The summed E-state index contributed by atoms with van der Waals surface area (Å²) >= 11 is 0. The van der Waals surface area contributed by atoms with Crippen LogP contribution in [0.25, 0.3) is 28.7 Å². The van der Waals surface area contributed by atoms with Gasteiger partial charge in [0.1, 0.15) is 0 Å². The van der Waals surface area contributed by atoms with Gasteiger partial charge in [0.05, 0.1) is 11.4 Å². The minimum Gasteiger partial charge on any atom is -0.334 e. The molecule has 0 N–H and O–H groups in total. The van der Waals surface area contributed by atoms with E-state index < -0.39 is 0 Å². The van der Waals surface area contributed by atoms with Crippen molar-refractivity contribution in [2.45, 2.75) is 13.8 Å². The van der Waals surface area contributed by atoms with Gasteiger partial charge < -0.3 is 4.52 Å². The Hall–Kier alpha value is -3.28. The Balaban J connectivity index is 1.71. The molecule has 2 heterocycles. The van der Waals surface area contributed by atoms with Crippen molar-refractivity contribution in [1.29, 1.82) is 0 Å².